The molecule has 0 saturated heterocycles. The van der Waals surface area contributed by atoms with E-state index in [9.17, 15) is 0 Å². The van der Waals surface area contributed by atoms with Gasteiger partial charge in [0.25, 0.3) is 0 Å². The van der Waals surface area contributed by atoms with Crippen molar-refractivity contribution in [1.82, 2.24) is 4.90 Å². The summed E-state index contributed by atoms with van der Waals surface area (Å²) in [6.07, 6.45) is 7.06. The second-order valence-corrected chi connectivity index (χ2v) is 4.95. The van der Waals surface area contributed by atoms with Gasteiger partial charge in [-0.3, -0.25) is 4.90 Å². The highest BCUT2D eigenvalue weighted by atomic mass is 35.5. The Morgan fingerprint density at radius 2 is 2.11 bits per heavy atom. The van der Waals surface area contributed by atoms with Crippen LogP contribution < -0.4 is 4.74 Å². The molecule has 0 heterocycles. The summed E-state index contributed by atoms with van der Waals surface area (Å²) in [5.74, 6) is 3.31. The van der Waals surface area contributed by atoms with Gasteiger partial charge < -0.3 is 4.74 Å². The second-order valence-electron chi connectivity index (χ2n) is 4.11. The number of ether oxygens (including phenoxy) is 1. The predicted molar refractivity (Wildman–Crippen MR) is 81.8 cm³/mol. The Kier molecular flexibility index (Phi) is 7.74. The van der Waals surface area contributed by atoms with Crippen molar-refractivity contribution in [3.63, 3.8) is 0 Å². The molecule has 0 aliphatic rings. The number of rotatable bonds is 8. The molecule has 0 atom stereocenters. The van der Waals surface area contributed by atoms with Crippen molar-refractivity contribution in [2.24, 2.45) is 0 Å². The smallest absolute Gasteiger partial charge is 0.137 e. The molecule has 4 heteroatoms. The summed E-state index contributed by atoms with van der Waals surface area (Å²) in [6, 6.07) is 5.21. The molecule has 0 spiro atoms. The lowest BCUT2D eigenvalue weighted by Crippen LogP contribution is -2.27. The van der Waals surface area contributed by atoms with Crippen LogP contribution in [0.4, 0.5) is 0 Å². The normalized spacial score (nSPS) is 10.5. The van der Waals surface area contributed by atoms with E-state index in [4.69, 9.17) is 34.4 Å². The first-order chi connectivity index (χ1) is 9.17. The third-order valence-electron chi connectivity index (χ3n) is 2.56. The minimum atomic E-state index is 0.533. The van der Waals surface area contributed by atoms with E-state index in [2.05, 4.69) is 17.7 Å². The predicted octanol–water partition coefficient (Wildman–Crippen LogP) is 3.92. The Bertz CT molecular complexity index is 429. The molecular formula is C15H18Cl2NO. The van der Waals surface area contributed by atoms with Crippen molar-refractivity contribution < 1.29 is 4.74 Å². The summed E-state index contributed by atoms with van der Waals surface area (Å²) < 4.78 is 5.61. The Labute approximate surface area is 125 Å². The Balaban J connectivity index is 2.31. The molecule has 0 N–H and O–H groups in total. The minimum absolute atomic E-state index is 0.533. The van der Waals surface area contributed by atoms with E-state index in [1.54, 1.807) is 18.2 Å². The second kappa shape index (κ2) is 9.09. The number of hydrogen-bond donors (Lipinski definition) is 0. The molecule has 1 aromatic rings. The topological polar surface area (TPSA) is 12.5 Å². The highest BCUT2D eigenvalue weighted by Crippen LogP contribution is 2.27. The molecule has 0 unspecified atom stereocenters. The van der Waals surface area contributed by atoms with Crippen molar-refractivity contribution in [3.8, 4) is 18.1 Å². The average Bonchev–Trinajstić information content (AvgIpc) is 2.37. The first kappa shape index (κ1) is 16.2. The summed E-state index contributed by atoms with van der Waals surface area (Å²) in [5, 5.41) is 1.14. The molecule has 19 heavy (non-hydrogen) atoms. The Morgan fingerprint density at radius 1 is 1.32 bits per heavy atom. The van der Waals surface area contributed by atoms with Gasteiger partial charge in [0.15, 0.2) is 0 Å². The zero-order valence-electron chi connectivity index (χ0n) is 10.9. The summed E-state index contributed by atoms with van der Waals surface area (Å²) in [7, 11) is 0. The minimum Gasteiger partial charge on any atom is -0.492 e. The average molecular weight is 299 g/mol. The van der Waals surface area contributed by atoms with Gasteiger partial charge in [0.1, 0.15) is 5.75 Å². The maximum Gasteiger partial charge on any atom is 0.137 e. The molecule has 0 fully saturated rings. The number of benzene rings is 1. The van der Waals surface area contributed by atoms with Gasteiger partial charge in [-0.1, -0.05) is 36.0 Å². The van der Waals surface area contributed by atoms with Crippen LogP contribution in [0.5, 0.6) is 5.75 Å². The van der Waals surface area contributed by atoms with Crippen molar-refractivity contribution in [2.75, 3.05) is 26.2 Å². The lowest BCUT2D eigenvalue weighted by atomic mass is 10.3. The van der Waals surface area contributed by atoms with Crippen molar-refractivity contribution in [2.45, 2.75) is 12.8 Å². The zero-order chi connectivity index (χ0) is 14.1. The van der Waals surface area contributed by atoms with Crippen LogP contribution in [-0.2, 0) is 0 Å². The maximum atomic E-state index is 6.02. The lowest BCUT2D eigenvalue weighted by Gasteiger charge is -2.18. The van der Waals surface area contributed by atoms with Gasteiger partial charge in [-0.15, -0.1) is 6.42 Å². The van der Waals surface area contributed by atoms with Gasteiger partial charge >= 0.3 is 0 Å². The summed E-state index contributed by atoms with van der Waals surface area (Å²) in [4.78, 5) is 2.18. The van der Waals surface area contributed by atoms with Crippen LogP contribution >= 0.6 is 23.2 Å². The van der Waals surface area contributed by atoms with Crippen LogP contribution in [0.3, 0.4) is 0 Å². The zero-order valence-corrected chi connectivity index (χ0v) is 12.4. The molecule has 103 valence electrons. The molecule has 0 bridgehead atoms. The standard InChI is InChI=1S/C15H18Cl2NO/c1-3-8-18(9-4-2)10-5-11-19-15-7-6-13(16)12-14(15)17/h1,6-7,12H,2,4-5,8-11H2. The number of halogens is 2. The first-order valence-corrected chi connectivity index (χ1v) is 6.96. The van der Waals surface area contributed by atoms with Gasteiger partial charge in [0, 0.05) is 11.6 Å². The molecule has 0 aliphatic heterocycles. The van der Waals surface area contributed by atoms with E-state index in [1.807, 2.05) is 0 Å². The van der Waals surface area contributed by atoms with Crippen LogP contribution in [-0.4, -0.2) is 31.1 Å². The van der Waals surface area contributed by atoms with Crippen molar-refractivity contribution >= 4 is 23.2 Å². The van der Waals surface area contributed by atoms with Gasteiger partial charge in [0.05, 0.1) is 18.2 Å². The van der Waals surface area contributed by atoms with Gasteiger partial charge in [-0.05, 0) is 37.6 Å². The molecule has 1 rings (SSSR count). The quantitative estimate of drug-likeness (QED) is 0.533. The third kappa shape index (κ3) is 6.20. The van der Waals surface area contributed by atoms with Crippen LogP contribution in [0.25, 0.3) is 0 Å². The summed E-state index contributed by atoms with van der Waals surface area (Å²) in [5.41, 5.74) is 0. The van der Waals surface area contributed by atoms with Gasteiger partial charge in [0.2, 0.25) is 0 Å². The van der Waals surface area contributed by atoms with E-state index in [1.165, 1.54) is 0 Å². The Hall–Kier alpha value is -0.880. The van der Waals surface area contributed by atoms with Crippen molar-refractivity contribution in [1.29, 1.82) is 0 Å². The SMILES string of the molecule is C#CCN(CC[CH2])CCCOc1ccc(Cl)cc1Cl. The van der Waals surface area contributed by atoms with E-state index in [0.29, 0.717) is 28.9 Å². The highest BCUT2D eigenvalue weighted by Gasteiger charge is 2.04. The van der Waals surface area contributed by atoms with E-state index < -0.39 is 0 Å². The van der Waals surface area contributed by atoms with Crippen molar-refractivity contribution in [3.05, 3.63) is 35.2 Å². The first-order valence-electron chi connectivity index (χ1n) is 6.20. The summed E-state index contributed by atoms with van der Waals surface area (Å²) >= 11 is 11.8. The maximum absolute atomic E-state index is 6.02. The lowest BCUT2D eigenvalue weighted by molar-refractivity contribution is 0.253. The molecule has 2 nitrogen and oxygen atoms in total. The molecule has 0 aliphatic carbocycles. The largest absolute Gasteiger partial charge is 0.492 e. The number of terminal acetylenes is 1. The monoisotopic (exact) mass is 298 g/mol. The Morgan fingerprint density at radius 3 is 2.74 bits per heavy atom. The van der Waals surface area contributed by atoms with Crippen LogP contribution in [0.15, 0.2) is 18.2 Å². The van der Waals surface area contributed by atoms with Gasteiger partial charge in [-0.2, -0.15) is 0 Å². The molecule has 1 radical (unpaired) electrons. The highest BCUT2D eigenvalue weighted by molar-refractivity contribution is 6.35. The van der Waals surface area contributed by atoms with Crippen LogP contribution in [0.1, 0.15) is 12.8 Å². The molecule has 1 aromatic carbocycles. The van der Waals surface area contributed by atoms with E-state index >= 15 is 0 Å². The van der Waals surface area contributed by atoms with E-state index in [0.717, 1.165) is 25.9 Å². The fourth-order valence-electron chi connectivity index (χ4n) is 1.69. The van der Waals surface area contributed by atoms with Crippen LogP contribution in [0.2, 0.25) is 10.0 Å². The molecule has 0 saturated carbocycles. The number of hydrogen-bond acceptors (Lipinski definition) is 2. The third-order valence-corrected chi connectivity index (χ3v) is 3.09. The number of nitrogens with zero attached hydrogens (tertiary/aromatic N) is 1. The fraction of sp³-hybridized carbons (Fsp3) is 0.400. The molecule has 0 amide bonds. The van der Waals surface area contributed by atoms with Gasteiger partial charge in [-0.25, -0.2) is 0 Å². The van der Waals surface area contributed by atoms with Crippen LogP contribution in [0, 0.1) is 19.3 Å². The summed E-state index contributed by atoms with van der Waals surface area (Å²) in [6.45, 7) is 6.88. The fourth-order valence-corrected chi connectivity index (χ4v) is 2.15. The van der Waals surface area contributed by atoms with E-state index in [-0.39, 0.29) is 0 Å². The molecular weight excluding hydrogens is 281 g/mol. The molecule has 0 aromatic heterocycles.